The smallest absolute Gasteiger partial charge is 0.237 e. The minimum Gasteiger partial charge on any atom is -0.383 e. The number of hydrogen-bond acceptors (Lipinski definition) is 4. The third-order valence-corrected chi connectivity index (χ3v) is 4.12. The van der Waals surface area contributed by atoms with Crippen LogP contribution in [0.5, 0.6) is 0 Å². The molecule has 1 unspecified atom stereocenters. The van der Waals surface area contributed by atoms with E-state index in [1.54, 1.807) is 7.05 Å². The first-order valence-corrected chi connectivity index (χ1v) is 7.29. The number of nitrogens with two attached hydrogens (primary N) is 1. The van der Waals surface area contributed by atoms with Crippen molar-refractivity contribution in [3.63, 3.8) is 0 Å². The number of amides is 1. The molecule has 0 aliphatic carbocycles. The maximum absolute atomic E-state index is 11.9. The SMILES string of the molecule is CNC(=O)C1CCCN1Cc1cc2ccccc2nc1N. The Labute approximate surface area is 124 Å². The molecular weight excluding hydrogens is 264 g/mol. The normalized spacial score (nSPS) is 19.0. The van der Waals surface area contributed by atoms with Gasteiger partial charge in [-0.2, -0.15) is 0 Å². The van der Waals surface area contributed by atoms with Crippen molar-refractivity contribution in [3.8, 4) is 0 Å². The van der Waals surface area contributed by atoms with Gasteiger partial charge in [0.15, 0.2) is 0 Å². The van der Waals surface area contributed by atoms with Crippen molar-refractivity contribution in [2.75, 3.05) is 19.3 Å². The quantitative estimate of drug-likeness (QED) is 0.896. The van der Waals surface area contributed by atoms with Crippen molar-refractivity contribution in [1.82, 2.24) is 15.2 Å². The third kappa shape index (κ3) is 2.69. The summed E-state index contributed by atoms with van der Waals surface area (Å²) >= 11 is 0. The van der Waals surface area contributed by atoms with Gasteiger partial charge in [-0.15, -0.1) is 0 Å². The molecule has 21 heavy (non-hydrogen) atoms. The van der Waals surface area contributed by atoms with Crippen LogP contribution in [0, 0.1) is 0 Å². The van der Waals surface area contributed by atoms with Crippen LogP contribution in [0.4, 0.5) is 5.82 Å². The number of para-hydroxylation sites is 1. The molecule has 3 N–H and O–H groups in total. The summed E-state index contributed by atoms with van der Waals surface area (Å²) in [6.07, 6.45) is 1.94. The lowest BCUT2D eigenvalue weighted by Crippen LogP contribution is -2.41. The molecule has 0 bridgehead atoms. The second-order valence-corrected chi connectivity index (χ2v) is 5.47. The topological polar surface area (TPSA) is 71.2 Å². The zero-order valence-electron chi connectivity index (χ0n) is 12.2. The van der Waals surface area contributed by atoms with Gasteiger partial charge < -0.3 is 11.1 Å². The predicted octanol–water partition coefficient (Wildman–Crippen LogP) is 1.53. The van der Waals surface area contributed by atoms with Crippen molar-refractivity contribution in [2.24, 2.45) is 0 Å². The Bertz CT molecular complexity index is 670. The van der Waals surface area contributed by atoms with E-state index in [0.717, 1.165) is 35.9 Å². The molecule has 110 valence electrons. The first-order chi connectivity index (χ1) is 10.2. The number of benzene rings is 1. The number of carbonyl (C=O) groups excluding carboxylic acids is 1. The summed E-state index contributed by atoms with van der Waals surface area (Å²) in [5.74, 6) is 0.635. The Kier molecular flexibility index (Phi) is 3.75. The van der Waals surface area contributed by atoms with E-state index in [9.17, 15) is 4.79 Å². The number of anilines is 1. The molecule has 5 heteroatoms. The van der Waals surface area contributed by atoms with Gasteiger partial charge in [-0.25, -0.2) is 4.98 Å². The van der Waals surface area contributed by atoms with Crippen LogP contribution in [0.3, 0.4) is 0 Å². The lowest BCUT2D eigenvalue weighted by molar-refractivity contribution is -0.125. The van der Waals surface area contributed by atoms with Crippen LogP contribution < -0.4 is 11.1 Å². The highest BCUT2D eigenvalue weighted by molar-refractivity contribution is 5.82. The van der Waals surface area contributed by atoms with Gasteiger partial charge in [0.05, 0.1) is 11.6 Å². The molecule has 1 atom stereocenters. The van der Waals surface area contributed by atoms with Crippen LogP contribution in [0.2, 0.25) is 0 Å². The molecule has 5 nitrogen and oxygen atoms in total. The lowest BCUT2D eigenvalue weighted by Gasteiger charge is -2.23. The van der Waals surface area contributed by atoms with Gasteiger partial charge in [0.25, 0.3) is 0 Å². The summed E-state index contributed by atoms with van der Waals surface area (Å²) in [4.78, 5) is 18.6. The molecule has 0 saturated carbocycles. The van der Waals surface area contributed by atoms with E-state index in [1.807, 2.05) is 24.3 Å². The van der Waals surface area contributed by atoms with Crippen LogP contribution in [0.25, 0.3) is 10.9 Å². The van der Waals surface area contributed by atoms with Crippen molar-refractivity contribution < 1.29 is 4.79 Å². The van der Waals surface area contributed by atoms with Gasteiger partial charge in [-0.3, -0.25) is 9.69 Å². The number of nitrogens with one attached hydrogen (secondary N) is 1. The average Bonchev–Trinajstić information content (AvgIpc) is 2.95. The minimum atomic E-state index is -0.0547. The first-order valence-electron chi connectivity index (χ1n) is 7.29. The van der Waals surface area contributed by atoms with E-state index < -0.39 is 0 Å². The van der Waals surface area contributed by atoms with Crippen LogP contribution >= 0.6 is 0 Å². The van der Waals surface area contributed by atoms with Crippen LogP contribution in [0.15, 0.2) is 30.3 Å². The first kappa shape index (κ1) is 13.8. The van der Waals surface area contributed by atoms with Gasteiger partial charge in [-0.1, -0.05) is 18.2 Å². The second-order valence-electron chi connectivity index (χ2n) is 5.47. The zero-order chi connectivity index (χ0) is 14.8. The maximum Gasteiger partial charge on any atom is 0.237 e. The monoisotopic (exact) mass is 284 g/mol. The molecule has 1 aromatic carbocycles. The van der Waals surface area contributed by atoms with Gasteiger partial charge in [0, 0.05) is 24.5 Å². The molecule has 1 aromatic heterocycles. The van der Waals surface area contributed by atoms with Crippen molar-refractivity contribution in [3.05, 3.63) is 35.9 Å². The summed E-state index contributed by atoms with van der Waals surface area (Å²) in [6.45, 7) is 1.59. The molecule has 0 spiro atoms. The summed E-state index contributed by atoms with van der Waals surface area (Å²) in [7, 11) is 1.69. The van der Waals surface area contributed by atoms with E-state index in [-0.39, 0.29) is 11.9 Å². The molecule has 2 aromatic rings. The molecule has 1 fully saturated rings. The fraction of sp³-hybridized carbons (Fsp3) is 0.375. The van der Waals surface area contributed by atoms with E-state index in [2.05, 4.69) is 21.3 Å². The number of nitrogens with zero attached hydrogens (tertiary/aromatic N) is 2. The molecule has 1 aliphatic heterocycles. The molecule has 3 rings (SSSR count). The molecule has 2 heterocycles. The number of likely N-dealkylation sites (N-methyl/N-ethyl adjacent to an activating group) is 1. The number of fused-ring (bicyclic) bond motifs is 1. The minimum absolute atomic E-state index is 0.0547. The molecule has 0 radical (unpaired) electrons. The van der Waals surface area contributed by atoms with Crippen molar-refractivity contribution >= 4 is 22.6 Å². The maximum atomic E-state index is 11.9. The highest BCUT2D eigenvalue weighted by Crippen LogP contribution is 2.24. The number of rotatable bonds is 3. The summed E-state index contributed by atoms with van der Waals surface area (Å²) < 4.78 is 0. The van der Waals surface area contributed by atoms with Crippen LogP contribution in [0.1, 0.15) is 18.4 Å². The number of hydrogen-bond donors (Lipinski definition) is 2. The number of pyridine rings is 1. The molecule has 1 aliphatic rings. The van der Waals surface area contributed by atoms with E-state index in [4.69, 9.17) is 5.73 Å². The number of aromatic nitrogens is 1. The van der Waals surface area contributed by atoms with E-state index in [1.165, 1.54) is 0 Å². The van der Waals surface area contributed by atoms with Crippen LogP contribution in [-0.4, -0.2) is 35.4 Å². The summed E-state index contributed by atoms with van der Waals surface area (Å²) in [6, 6.07) is 9.96. The van der Waals surface area contributed by atoms with Gasteiger partial charge in [0.2, 0.25) is 5.91 Å². The highest BCUT2D eigenvalue weighted by atomic mass is 16.2. The Morgan fingerprint density at radius 1 is 1.48 bits per heavy atom. The molecule has 1 saturated heterocycles. The summed E-state index contributed by atoms with van der Waals surface area (Å²) in [5, 5.41) is 3.82. The van der Waals surface area contributed by atoms with Crippen LogP contribution in [-0.2, 0) is 11.3 Å². The average molecular weight is 284 g/mol. The van der Waals surface area contributed by atoms with Crippen molar-refractivity contribution in [1.29, 1.82) is 0 Å². The molecule has 1 amide bonds. The third-order valence-electron chi connectivity index (χ3n) is 4.12. The van der Waals surface area contributed by atoms with E-state index >= 15 is 0 Å². The Morgan fingerprint density at radius 3 is 3.10 bits per heavy atom. The van der Waals surface area contributed by atoms with Crippen molar-refractivity contribution in [2.45, 2.75) is 25.4 Å². The highest BCUT2D eigenvalue weighted by Gasteiger charge is 2.30. The largest absolute Gasteiger partial charge is 0.383 e. The Morgan fingerprint density at radius 2 is 2.29 bits per heavy atom. The Hall–Kier alpha value is -2.14. The lowest BCUT2D eigenvalue weighted by atomic mass is 10.1. The van der Waals surface area contributed by atoms with Gasteiger partial charge >= 0.3 is 0 Å². The summed E-state index contributed by atoms with van der Waals surface area (Å²) in [5.41, 5.74) is 7.98. The van der Waals surface area contributed by atoms with Gasteiger partial charge in [0.1, 0.15) is 5.82 Å². The predicted molar refractivity (Wildman–Crippen MR) is 83.7 cm³/mol. The fourth-order valence-corrected chi connectivity index (χ4v) is 3.00. The number of nitrogen functional groups attached to an aromatic ring is 1. The number of likely N-dealkylation sites (tertiary alicyclic amines) is 1. The number of carbonyl (C=O) groups is 1. The Balaban J connectivity index is 1.87. The van der Waals surface area contributed by atoms with Gasteiger partial charge in [-0.05, 0) is 31.5 Å². The fourth-order valence-electron chi connectivity index (χ4n) is 3.00. The second kappa shape index (κ2) is 5.69. The molecular formula is C16H20N4O. The standard InChI is InChI=1S/C16H20N4O/c1-18-16(21)14-7-4-8-20(14)10-12-9-11-5-2-3-6-13(11)19-15(12)17/h2-3,5-6,9,14H,4,7-8,10H2,1H3,(H2,17,19)(H,18,21). The zero-order valence-corrected chi connectivity index (χ0v) is 12.2. The van der Waals surface area contributed by atoms with E-state index in [0.29, 0.717) is 12.4 Å².